The first-order valence-corrected chi connectivity index (χ1v) is 11.2. The third-order valence-corrected chi connectivity index (χ3v) is 5.48. The quantitative estimate of drug-likeness (QED) is 0.291. The lowest BCUT2D eigenvalue weighted by molar-refractivity contribution is 0.0724. The summed E-state index contributed by atoms with van der Waals surface area (Å²) in [6, 6.07) is 15.7. The van der Waals surface area contributed by atoms with Crippen LogP contribution >= 0.6 is 35.6 Å². The first-order valence-electron chi connectivity index (χ1n) is 10.8. The van der Waals surface area contributed by atoms with E-state index in [2.05, 4.69) is 22.5 Å². The molecule has 0 spiro atoms. The molecule has 7 heteroatoms. The normalized spacial score (nSPS) is 14.0. The Balaban J connectivity index is 0.00000341. The van der Waals surface area contributed by atoms with Crippen molar-refractivity contribution in [2.45, 2.75) is 39.2 Å². The van der Waals surface area contributed by atoms with Crippen LogP contribution in [0.15, 0.2) is 53.5 Å². The second kappa shape index (κ2) is 13.6. The van der Waals surface area contributed by atoms with Gasteiger partial charge < -0.3 is 15.5 Å². The number of carbonyl (C=O) groups excluding carboxylic acids is 1. The van der Waals surface area contributed by atoms with Crippen molar-refractivity contribution in [2.75, 3.05) is 26.2 Å². The first kappa shape index (κ1) is 25.5. The number of benzene rings is 2. The maximum atomic E-state index is 12.6. The van der Waals surface area contributed by atoms with Gasteiger partial charge in [-0.15, -0.1) is 24.0 Å². The molecule has 1 fully saturated rings. The van der Waals surface area contributed by atoms with E-state index in [0.717, 1.165) is 67.6 Å². The van der Waals surface area contributed by atoms with Crippen LogP contribution in [-0.4, -0.2) is 42.9 Å². The van der Waals surface area contributed by atoms with Crippen molar-refractivity contribution >= 4 is 47.4 Å². The van der Waals surface area contributed by atoms with E-state index in [1.807, 2.05) is 53.4 Å². The lowest BCUT2D eigenvalue weighted by Crippen LogP contribution is -2.38. The van der Waals surface area contributed by atoms with E-state index in [1.165, 1.54) is 12.0 Å². The largest absolute Gasteiger partial charge is 0.357 e. The van der Waals surface area contributed by atoms with E-state index in [1.54, 1.807) is 0 Å². The van der Waals surface area contributed by atoms with Crippen molar-refractivity contribution in [3.63, 3.8) is 0 Å². The predicted octanol–water partition coefficient (Wildman–Crippen LogP) is 4.88. The average Bonchev–Trinajstić information content (AvgIpc) is 2.79. The molecular weight excluding hydrogens is 523 g/mol. The third-order valence-electron chi connectivity index (χ3n) is 5.23. The second-order valence-electron chi connectivity index (χ2n) is 7.55. The van der Waals surface area contributed by atoms with Gasteiger partial charge >= 0.3 is 0 Å². The summed E-state index contributed by atoms with van der Waals surface area (Å²) >= 11 is 5.94. The molecule has 1 amide bonds. The SMILES string of the molecule is CCNC(=NCc1ccc(C(=O)N2CCCCC2)cc1)NCCc1ccc(Cl)cc1.I. The summed E-state index contributed by atoms with van der Waals surface area (Å²) in [6.07, 6.45) is 4.34. The fourth-order valence-electron chi connectivity index (χ4n) is 3.52. The molecule has 1 saturated heterocycles. The van der Waals surface area contributed by atoms with E-state index in [-0.39, 0.29) is 29.9 Å². The van der Waals surface area contributed by atoms with Crippen LogP contribution in [0.5, 0.6) is 0 Å². The van der Waals surface area contributed by atoms with Crippen LogP contribution in [0, 0.1) is 0 Å². The van der Waals surface area contributed by atoms with Gasteiger partial charge in [0.25, 0.3) is 5.91 Å². The van der Waals surface area contributed by atoms with Gasteiger partial charge in [-0.3, -0.25) is 4.79 Å². The van der Waals surface area contributed by atoms with E-state index in [0.29, 0.717) is 6.54 Å². The number of carbonyl (C=O) groups is 1. The van der Waals surface area contributed by atoms with Gasteiger partial charge in [-0.05, 0) is 68.0 Å². The summed E-state index contributed by atoms with van der Waals surface area (Å²) in [6.45, 7) is 5.95. The number of likely N-dealkylation sites (tertiary alicyclic amines) is 1. The number of piperidine rings is 1. The van der Waals surface area contributed by atoms with Gasteiger partial charge in [-0.2, -0.15) is 0 Å². The summed E-state index contributed by atoms with van der Waals surface area (Å²) in [5.74, 6) is 0.932. The Labute approximate surface area is 207 Å². The second-order valence-corrected chi connectivity index (χ2v) is 7.98. The van der Waals surface area contributed by atoms with Gasteiger partial charge in [0.05, 0.1) is 6.54 Å². The fraction of sp³-hybridized carbons (Fsp3) is 0.417. The monoisotopic (exact) mass is 554 g/mol. The van der Waals surface area contributed by atoms with Gasteiger partial charge in [0.2, 0.25) is 0 Å². The van der Waals surface area contributed by atoms with Crippen molar-refractivity contribution in [3.8, 4) is 0 Å². The molecule has 168 valence electrons. The smallest absolute Gasteiger partial charge is 0.253 e. The highest BCUT2D eigenvalue weighted by atomic mass is 127. The molecule has 31 heavy (non-hydrogen) atoms. The number of guanidine groups is 1. The number of amides is 1. The van der Waals surface area contributed by atoms with Crippen molar-refractivity contribution < 1.29 is 4.79 Å². The lowest BCUT2D eigenvalue weighted by Gasteiger charge is -2.26. The number of rotatable bonds is 7. The molecule has 0 aromatic heterocycles. The average molecular weight is 555 g/mol. The minimum atomic E-state index is 0. The van der Waals surface area contributed by atoms with Gasteiger partial charge in [-0.1, -0.05) is 35.9 Å². The zero-order valence-corrected chi connectivity index (χ0v) is 21.2. The molecule has 0 unspecified atom stereocenters. The van der Waals surface area contributed by atoms with Crippen LogP contribution in [0.4, 0.5) is 0 Å². The Hall–Kier alpha value is -1.80. The van der Waals surface area contributed by atoms with E-state index in [9.17, 15) is 4.79 Å². The van der Waals surface area contributed by atoms with Crippen molar-refractivity contribution in [3.05, 3.63) is 70.2 Å². The number of nitrogens with zero attached hydrogens (tertiary/aromatic N) is 2. The highest BCUT2D eigenvalue weighted by Crippen LogP contribution is 2.14. The number of halogens is 2. The zero-order chi connectivity index (χ0) is 21.2. The molecule has 3 rings (SSSR count). The van der Waals surface area contributed by atoms with Crippen LogP contribution < -0.4 is 10.6 Å². The topological polar surface area (TPSA) is 56.7 Å². The third kappa shape index (κ3) is 8.33. The molecule has 5 nitrogen and oxygen atoms in total. The minimum absolute atomic E-state index is 0. The van der Waals surface area contributed by atoms with Gasteiger partial charge in [-0.25, -0.2) is 4.99 Å². The number of nitrogens with one attached hydrogen (secondary N) is 2. The Morgan fingerprint density at radius 3 is 2.26 bits per heavy atom. The van der Waals surface area contributed by atoms with Crippen LogP contribution in [0.2, 0.25) is 5.02 Å². The van der Waals surface area contributed by atoms with Crippen LogP contribution in [0.3, 0.4) is 0 Å². The van der Waals surface area contributed by atoms with Gasteiger partial charge in [0, 0.05) is 36.8 Å². The first-order chi connectivity index (χ1) is 14.7. The van der Waals surface area contributed by atoms with Crippen molar-refractivity contribution in [1.29, 1.82) is 0 Å². The van der Waals surface area contributed by atoms with Crippen molar-refractivity contribution in [1.82, 2.24) is 15.5 Å². The summed E-state index contributed by atoms with van der Waals surface area (Å²) < 4.78 is 0. The summed E-state index contributed by atoms with van der Waals surface area (Å²) in [4.78, 5) is 19.2. The highest BCUT2D eigenvalue weighted by molar-refractivity contribution is 14.0. The fourth-order valence-corrected chi connectivity index (χ4v) is 3.65. The molecule has 0 saturated carbocycles. The molecule has 0 radical (unpaired) electrons. The maximum absolute atomic E-state index is 12.6. The summed E-state index contributed by atoms with van der Waals surface area (Å²) in [7, 11) is 0. The van der Waals surface area contributed by atoms with Gasteiger partial charge in [0.15, 0.2) is 5.96 Å². The Kier molecular flexibility index (Phi) is 11.2. The van der Waals surface area contributed by atoms with Crippen molar-refractivity contribution in [2.24, 2.45) is 4.99 Å². The lowest BCUT2D eigenvalue weighted by atomic mass is 10.1. The molecule has 2 N–H and O–H groups in total. The zero-order valence-electron chi connectivity index (χ0n) is 18.1. The predicted molar refractivity (Wildman–Crippen MR) is 140 cm³/mol. The Morgan fingerprint density at radius 2 is 1.61 bits per heavy atom. The van der Waals surface area contributed by atoms with E-state index >= 15 is 0 Å². The Morgan fingerprint density at radius 1 is 0.968 bits per heavy atom. The molecule has 1 aliphatic heterocycles. The van der Waals surface area contributed by atoms with Crippen LogP contribution in [0.1, 0.15) is 47.7 Å². The Bertz CT molecular complexity index is 834. The molecule has 2 aromatic rings. The number of hydrogen-bond donors (Lipinski definition) is 2. The highest BCUT2D eigenvalue weighted by Gasteiger charge is 2.17. The number of hydrogen-bond acceptors (Lipinski definition) is 2. The van der Waals surface area contributed by atoms with E-state index < -0.39 is 0 Å². The standard InChI is InChI=1S/C24H31ClN4O.HI/c1-2-26-24(27-15-14-19-8-12-22(25)13-9-19)28-18-20-6-10-21(11-7-20)23(30)29-16-4-3-5-17-29;/h6-13H,2-5,14-18H2,1H3,(H2,26,27,28);1H. The molecule has 1 aliphatic rings. The molecule has 2 aromatic carbocycles. The minimum Gasteiger partial charge on any atom is -0.357 e. The maximum Gasteiger partial charge on any atom is 0.253 e. The number of aliphatic imine (C=N–C) groups is 1. The van der Waals surface area contributed by atoms with Gasteiger partial charge in [0.1, 0.15) is 0 Å². The molecule has 0 aliphatic carbocycles. The molecule has 0 atom stereocenters. The summed E-state index contributed by atoms with van der Waals surface area (Å²) in [5, 5.41) is 7.40. The molecule has 1 heterocycles. The van der Waals surface area contributed by atoms with Crippen LogP contribution in [-0.2, 0) is 13.0 Å². The van der Waals surface area contributed by atoms with Crippen LogP contribution in [0.25, 0.3) is 0 Å². The summed E-state index contributed by atoms with van der Waals surface area (Å²) in [5.41, 5.74) is 3.08. The van der Waals surface area contributed by atoms with E-state index in [4.69, 9.17) is 11.6 Å². The molecular formula is C24H32ClIN4O. The molecule has 0 bridgehead atoms.